The van der Waals surface area contributed by atoms with Crippen LogP contribution in [0.4, 0.5) is 0 Å². The van der Waals surface area contributed by atoms with Gasteiger partial charge < -0.3 is 0 Å². The van der Waals surface area contributed by atoms with E-state index in [1.807, 2.05) is 122 Å². The van der Waals surface area contributed by atoms with Crippen LogP contribution in [-0.2, 0) is 0 Å². The van der Waals surface area contributed by atoms with Crippen molar-refractivity contribution in [2.24, 2.45) is 0 Å². The van der Waals surface area contributed by atoms with Gasteiger partial charge in [0.25, 0.3) is 5.56 Å². The summed E-state index contributed by atoms with van der Waals surface area (Å²) < 4.78 is 1.74. The fourth-order valence-electron chi connectivity index (χ4n) is 4.43. The lowest BCUT2D eigenvalue weighted by Gasteiger charge is -2.13. The summed E-state index contributed by atoms with van der Waals surface area (Å²) in [4.78, 5) is 27.8. The van der Waals surface area contributed by atoms with Gasteiger partial charge in [0.15, 0.2) is 17.5 Å². The van der Waals surface area contributed by atoms with Crippen molar-refractivity contribution in [1.29, 1.82) is 0 Å². The zero-order chi connectivity index (χ0) is 24.5. The Morgan fingerprint density at radius 3 is 1.72 bits per heavy atom. The fourth-order valence-corrected chi connectivity index (χ4v) is 4.43. The van der Waals surface area contributed by atoms with Crippen molar-refractivity contribution in [3.63, 3.8) is 0 Å². The first-order valence-corrected chi connectivity index (χ1v) is 11.8. The average Bonchev–Trinajstić information content (AvgIpc) is 2.94. The lowest BCUT2D eigenvalue weighted by molar-refractivity contribution is 0.950. The fraction of sp³-hybridized carbons (Fsp3) is 0.0323. The Kier molecular flexibility index (Phi) is 5.43. The summed E-state index contributed by atoms with van der Waals surface area (Å²) in [7, 11) is 0. The maximum absolute atomic E-state index is 13.4. The molecule has 2 aromatic heterocycles. The average molecular weight is 467 g/mol. The Morgan fingerprint density at radius 2 is 1.08 bits per heavy atom. The largest absolute Gasteiger partial charge is 0.281 e. The van der Waals surface area contributed by atoms with Crippen molar-refractivity contribution in [3.05, 3.63) is 131 Å². The molecule has 0 aliphatic rings. The van der Waals surface area contributed by atoms with Crippen LogP contribution in [0.5, 0.6) is 0 Å². The molecule has 5 nitrogen and oxygen atoms in total. The molecule has 5 heteroatoms. The number of rotatable bonds is 4. The predicted octanol–water partition coefficient (Wildman–Crippen LogP) is 6.49. The second-order valence-corrected chi connectivity index (χ2v) is 8.60. The van der Waals surface area contributed by atoms with Gasteiger partial charge in [-0.25, -0.2) is 15.0 Å². The summed E-state index contributed by atoms with van der Waals surface area (Å²) in [5.74, 6) is 1.75. The van der Waals surface area contributed by atoms with E-state index in [0.717, 1.165) is 33.5 Å². The minimum atomic E-state index is -0.0478. The van der Waals surface area contributed by atoms with Gasteiger partial charge in [0.1, 0.15) is 0 Å². The van der Waals surface area contributed by atoms with Crippen LogP contribution in [0.15, 0.2) is 120 Å². The molecule has 0 amide bonds. The third kappa shape index (κ3) is 3.97. The van der Waals surface area contributed by atoms with E-state index in [1.165, 1.54) is 0 Å². The number of benzene rings is 4. The number of fused-ring (bicyclic) bond motifs is 1. The molecule has 6 rings (SSSR count). The van der Waals surface area contributed by atoms with Crippen LogP contribution in [0.25, 0.3) is 50.6 Å². The van der Waals surface area contributed by atoms with Crippen molar-refractivity contribution >= 4 is 10.8 Å². The zero-order valence-electron chi connectivity index (χ0n) is 19.7. The highest BCUT2D eigenvalue weighted by atomic mass is 16.1. The standard InChI is InChI=1S/C31H22N4O/c1-21-19-24-15-8-9-18-27(24)31(36)35(21)26-17-10-16-25(20-26)30-33-28(22-11-4-2-5-12-22)32-29(34-30)23-13-6-3-7-14-23/h2-20H,1H3. The van der Waals surface area contributed by atoms with E-state index in [-0.39, 0.29) is 5.56 Å². The Bertz CT molecular complexity index is 1700. The summed E-state index contributed by atoms with van der Waals surface area (Å²) in [6.07, 6.45) is 0. The van der Waals surface area contributed by atoms with E-state index in [4.69, 9.17) is 15.0 Å². The molecule has 6 aromatic rings. The van der Waals surface area contributed by atoms with E-state index in [9.17, 15) is 4.79 Å². The minimum Gasteiger partial charge on any atom is -0.281 e. The number of aryl methyl sites for hydroxylation is 1. The van der Waals surface area contributed by atoms with Crippen LogP contribution < -0.4 is 5.56 Å². The number of aromatic nitrogens is 4. The van der Waals surface area contributed by atoms with Crippen LogP contribution in [0, 0.1) is 6.92 Å². The number of nitrogens with zero attached hydrogens (tertiary/aromatic N) is 4. The molecule has 0 saturated heterocycles. The maximum Gasteiger partial charge on any atom is 0.263 e. The Morgan fingerprint density at radius 1 is 0.556 bits per heavy atom. The zero-order valence-corrected chi connectivity index (χ0v) is 19.7. The van der Waals surface area contributed by atoms with E-state index in [0.29, 0.717) is 22.9 Å². The second kappa shape index (κ2) is 9.04. The van der Waals surface area contributed by atoms with Gasteiger partial charge in [-0.05, 0) is 36.6 Å². The summed E-state index contributed by atoms with van der Waals surface area (Å²) in [5, 5.41) is 1.62. The van der Waals surface area contributed by atoms with Crippen LogP contribution in [0.1, 0.15) is 5.69 Å². The number of pyridine rings is 1. The van der Waals surface area contributed by atoms with Crippen molar-refractivity contribution < 1.29 is 0 Å². The molecule has 0 N–H and O–H groups in total. The molecule has 0 aliphatic heterocycles. The molecule has 0 saturated carbocycles. The van der Waals surface area contributed by atoms with Gasteiger partial charge >= 0.3 is 0 Å². The molecule has 0 aliphatic carbocycles. The number of hydrogen-bond acceptors (Lipinski definition) is 4. The normalized spacial score (nSPS) is 11.0. The Balaban J connectivity index is 1.53. The van der Waals surface area contributed by atoms with E-state index in [1.54, 1.807) is 4.57 Å². The molecule has 172 valence electrons. The van der Waals surface area contributed by atoms with Crippen molar-refractivity contribution in [1.82, 2.24) is 19.5 Å². The lowest BCUT2D eigenvalue weighted by atomic mass is 10.1. The highest BCUT2D eigenvalue weighted by Gasteiger charge is 2.14. The van der Waals surface area contributed by atoms with E-state index in [2.05, 4.69) is 0 Å². The second-order valence-electron chi connectivity index (χ2n) is 8.60. The van der Waals surface area contributed by atoms with Crippen LogP contribution >= 0.6 is 0 Å². The summed E-state index contributed by atoms with van der Waals surface area (Å²) in [6.45, 7) is 1.95. The molecule has 36 heavy (non-hydrogen) atoms. The van der Waals surface area contributed by atoms with E-state index >= 15 is 0 Å². The Hall–Kier alpha value is -4.90. The highest BCUT2D eigenvalue weighted by Crippen LogP contribution is 2.26. The highest BCUT2D eigenvalue weighted by molar-refractivity contribution is 5.82. The van der Waals surface area contributed by atoms with Gasteiger partial charge in [-0.3, -0.25) is 9.36 Å². The van der Waals surface area contributed by atoms with Gasteiger partial charge in [-0.15, -0.1) is 0 Å². The Labute approximate surface area is 208 Å². The maximum atomic E-state index is 13.4. The molecule has 2 heterocycles. The van der Waals surface area contributed by atoms with Gasteiger partial charge in [-0.2, -0.15) is 0 Å². The van der Waals surface area contributed by atoms with Crippen LogP contribution in [0.3, 0.4) is 0 Å². The molecular weight excluding hydrogens is 444 g/mol. The van der Waals surface area contributed by atoms with E-state index < -0.39 is 0 Å². The predicted molar refractivity (Wildman–Crippen MR) is 144 cm³/mol. The first-order valence-electron chi connectivity index (χ1n) is 11.8. The molecule has 0 unspecified atom stereocenters. The first kappa shape index (κ1) is 21.6. The molecule has 0 bridgehead atoms. The van der Waals surface area contributed by atoms with Crippen LogP contribution in [-0.4, -0.2) is 19.5 Å². The van der Waals surface area contributed by atoms with Gasteiger partial charge in [0, 0.05) is 33.5 Å². The van der Waals surface area contributed by atoms with Gasteiger partial charge in [-0.1, -0.05) is 91.0 Å². The number of hydrogen-bond donors (Lipinski definition) is 0. The SMILES string of the molecule is Cc1cc2ccccc2c(=O)n1-c1cccc(-c2nc(-c3ccccc3)nc(-c3ccccc3)n2)c1. The molecule has 0 radical (unpaired) electrons. The summed E-state index contributed by atoms with van der Waals surface area (Å²) in [5.41, 5.74) is 4.22. The molecular formula is C31H22N4O. The van der Waals surface area contributed by atoms with Crippen molar-refractivity contribution in [3.8, 4) is 39.9 Å². The molecule has 4 aromatic carbocycles. The monoisotopic (exact) mass is 466 g/mol. The third-order valence-corrected chi connectivity index (χ3v) is 6.17. The summed E-state index contributed by atoms with van der Waals surface area (Å²) in [6, 6.07) is 37.3. The summed E-state index contributed by atoms with van der Waals surface area (Å²) >= 11 is 0. The molecule has 0 fully saturated rings. The topological polar surface area (TPSA) is 60.7 Å². The first-order chi connectivity index (χ1) is 17.7. The van der Waals surface area contributed by atoms with Gasteiger partial charge in [0.05, 0.1) is 0 Å². The smallest absolute Gasteiger partial charge is 0.263 e. The van der Waals surface area contributed by atoms with Gasteiger partial charge in [0.2, 0.25) is 0 Å². The molecule has 0 spiro atoms. The third-order valence-electron chi connectivity index (χ3n) is 6.17. The van der Waals surface area contributed by atoms with Crippen molar-refractivity contribution in [2.45, 2.75) is 6.92 Å². The quantitative estimate of drug-likeness (QED) is 0.298. The minimum absolute atomic E-state index is 0.0478. The van der Waals surface area contributed by atoms with Crippen LogP contribution in [0.2, 0.25) is 0 Å². The van der Waals surface area contributed by atoms with Crippen molar-refractivity contribution in [2.75, 3.05) is 0 Å². The molecule has 0 atom stereocenters. The lowest BCUT2D eigenvalue weighted by Crippen LogP contribution is -2.20.